The highest BCUT2D eigenvalue weighted by atomic mass is 35.5. The molecule has 0 unspecified atom stereocenters. The molecule has 1 N–H and O–H groups in total. The summed E-state index contributed by atoms with van der Waals surface area (Å²) >= 11 is 5.68. The third-order valence-electron chi connectivity index (χ3n) is 3.03. The number of nitriles is 1. The molecule has 17 heavy (non-hydrogen) atoms. The fourth-order valence-corrected chi connectivity index (χ4v) is 3.99. The van der Waals surface area contributed by atoms with E-state index in [1.807, 2.05) is 6.07 Å². The van der Waals surface area contributed by atoms with Gasteiger partial charge in [0.2, 0.25) is 0 Å². The number of aliphatic hydroxyl groups excluding tert-OH is 1. The normalized spacial score (nSPS) is 27.5. The van der Waals surface area contributed by atoms with Crippen LogP contribution in [0.5, 0.6) is 0 Å². The molecule has 0 heterocycles. The van der Waals surface area contributed by atoms with Gasteiger partial charge in [-0.15, -0.1) is 0 Å². The highest BCUT2D eigenvalue weighted by Crippen LogP contribution is 2.51. The first-order valence-electron chi connectivity index (χ1n) is 4.98. The SMILES string of the molecule is N#C[C@]1(CO)C[C@@H]1S(=O)(=O)c1ccc(Cl)cc1. The minimum absolute atomic E-state index is 0.137. The quantitative estimate of drug-likeness (QED) is 0.901. The molecule has 1 fully saturated rings. The molecule has 0 radical (unpaired) electrons. The van der Waals surface area contributed by atoms with Gasteiger partial charge in [-0.2, -0.15) is 5.26 Å². The highest BCUT2D eigenvalue weighted by Gasteiger charge is 2.62. The Bertz CT molecular complexity index is 576. The van der Waals surface area contributed by atoms with Crippen LogP contribution >= 0.6 is 11.6 Å². The van der Waals surface area contributed by atoms with Gasteiger partial charge in [-0.25, -0.2) is 8.42 Å². The zero-order valence-corrected chi connectivity index (χ0v) is 10.4. The summed E-state index contributed by atoms with van der Waals surface area (Å²) in [6, 6.07) is 7.69. The second-order valence-electron chi connectivity index (χ2n) is 4.12. The number of benzene rings is 1. The summed E-state index contributed by atoms with van der Waals surface area (Å²) in [6.07, 6.45) is 0.185. The summed E-state index contributed by atoms with van der Waals surface area (Å²) in [5, 5.41) is 17.6. The lowest BCUT2D eigenvalue weighted by Gasteiger charge is -2.06. The van der Waals surface area contributed by atoms with Gasteiger partial charge in [0, 0.05) is 5.02 Å². The standard InChI is InChI=1S/C11H10ClNO3S/c12-8-1-3-9(4-2-8)17(15,16)10-5-11(10,6-13)7-14/h1-4,10,14H,5,7H2/t10-,11-/m0/s1. The number of halogens is 1. The summed E-state index contributed by atoms with van der Waals surface area (Å²) in [6.45, 7) is -0.430. The van der Waals surface area contributed by atoms with Crippen LogP contribution in [0.15, 0.2) is 29.2 Å². The van der Waals surface area contributed by atoms with Crippen molar-refractivity contribution in [3.63, 3.8) is 0 Å². The van der Waals surface area contributed by atoms with Crippen molar-refractivity contribution in [3.05, 3.63) is 29.3 Å². The molecule has 0 aromatic heterocycles. The molecule has 0 aliphatic heterocycles. The zero-order chi connectivity index (χ0) is 12.7. The first kappa shape index (κ1) is 12.4. The summed E-state index contributed by atoms with van der Waals surface area (Å²) < 4.78 is 24.3. The van der Waals surface area contributed by atoms with Crippen LogP contribution in [0.4, 0.5) is 0 Å². The summed E-state index contributed by atoms with van der Waals surface area (Å²) in [7, 11) is -3.56. The van der Waals surface area contributed by atoms with E-state index < -0.39 is 27.1 Å². The molecule has 0 spiro atoms. The van der Waals surface area contributed by atoms with Gasteiger partial charge >= 0.3 is 0 Å². The Balaban J connectivity index is 2.35. The Labute approximate surface area is 104 Å². The smallest absolute Gasteiger partial charge is 0.182 e. The van der Waals surface area contributed by atoms with Crippen molar-refractivity contribution in [1.82, 2.24) is 0 Å². The molecule has 2 atom stereocenters. The average Bonchev–Trinajstić information content (AvgIpc) is 3.06. The van der Waals surface area contributed by atoms with Crippen LogP contribution in [-0.4, -0.2) is 25.4 Å². The minimum Gasteiger partial charge on any atom is -0.395 e. The van der Waals surface area contributed by atoms with Gasteiger partial charge in [0.15, 0.2) is 9.84 Å². The van der Waals surface area contributed by atoms with Gasteiger partial charge in [0.1, 0.15) is 0 Å². The third kappa shape index (κ3) is 1.93. The van der Waals surface area contributed by atoms with E-state index in [1.54, 1.807) is 0 Å². The Hall–Kier alpha value is -1.09. The van der Waals surface area contributed by atoms with Crippen molar-refractivity contribution >= 4 is 21.4 Å². The number of hydrogen-bond donors (Lipinski definition) is 1. The Kier molecular flexibility index (Phi) is 2.90. The van der Waals surface area contributed by atoms with Crippen molar-refractivity contribution in [1.29, 1.82) is 5.26 Å². The van der Waals surface area contributed by atoms with E-state index >= 15 is 0 Å². The Morgan fingerprint density at radius 3 is 2.47 bits per heavy atom. The lowest BCUT2D eigenvalue weighted by Crippen LogP contribution is -2.18. The van der Waals surface area contributed by atoms with Gasteiger partial charge in [0.25, 0.3) is 0 Å². The molecule has 6 heteroatoms. The van der Waals surface area contributed by atoms with Crippen LogP contribution in [-0.2, 0) is 9.84 Å². The third-order valence-corrected chi connectivity index (χ3v) is 5.58. The topological polar surface area (TPSA) is 78.2 Å². The number of rotatable bonds is 3. The molecule has 1 aromatic rings. The summed E-state index contributed by atoms with van der Waals surface area (Å²) in [4.78, 5) is 0.137. The van der Waals surface area contributed by atoms with Crippen molar-refractivity contribution in [2.75, 3.05) is 6.61 Å². The second kappa shape index (κ2) is 3.98. The molecular formula is C11H10ClNO3S. The minimum atomic E-state index is -3.56. The average molecular weight is 272 g/mol. The first-order valence-corrected chi connectivity index (χ1v) is 6.90. The molecule has 1 saturated carbocycles. The van der Waals surface area contributed by atoms with Crippen LogP contribution in [0.2, 0.25) is 5.02 Å². The van der Waals surface area contributed by atoms with Gasteiger partial charge in [0.05, 0.1) is 28.2 Å². The van der Waals surface area contributed by atoms with E-state index in [2.05, 4.69) is 0 Å². The number of hydrogen-bond acceptors (Lipinski definition) is 4. The van der Waals surface area contributed by atoms with E-state index in [0.717, 1.165) is 0 Å². The molecule has 4 nitrogen and oxygen atoms in total. The fraction of sp³-hybridized carbons (Fsp3) is 0.364. The van der Waals surface area contributed by atoms with Crippen LogP contribution in [0.1, 0.15) is 6.42 Å². The highest BCUT2D eigenvalue weighted by molar-refractivity contribution is 7.92. The van der Waals surface area contributed by atoms with Crippen molar-refractivity contribution in [2.45, 2.75) is 16.6 Å². The molecule has 1 aliphatic rings. The van der Waals surface area contributed by atoms with Crippen molar-refractivity contribution in [2.24, 2.45) is 5.41 Å². The monoisotopic (exact) mass is 271 g/mol. The van der Waals surface area contributed by atoms with E-state index in [9.17, 15) is 8.42 Å². The molecule has 0 amide bonds. The maximum atomic E-state index is 12.1. The summed E-state index contributed by atoms with van der Waals surface area (Å²) in [5.41, 5.74) is -1.13. The van der Waals surface area contributed by atoms with Gasteiger partial charge in [-0.1, -0.05) is 11.6 Å². The Morgan fingerprint density at radius 2 is 2.06 bits per heavy atom. The fourth-order valence-electron chi connectivity index (χ4n) is 1.79. The number of aliphatic hydroxyl groups is 1. The van der Waals surface area contributed by atoms with E-state index in [0.29, 0.717) is 5.02 Å². The van der Waals surface area contributed by atoms with Crippen molar-refractivity contribution in [3.8, 4) is 6.07 Å². The zero-order valence-electron chi connectivity index (χ0n) is 8.80. The van der Waals surface area contributed by atoms with E-state index in [-0.39, 0.29) is 11.3 Å². The lowest BCUT2D eigenvalue weighted by molar-refractivity contribution is 0.246. The predicted octanol–water partition coefficient (Wildman–Crippen LogP) is 1.39. The van der Waals surface area contributed by atoms with E-state index in [1.165, 1.54) is 24.3 Å². The molecule has 2 rings (SSSR count). The predicted molar refractivity (Wildman–Crippen MR) is 62.2 cm³/mol. The molecule has 0 saturated heterocycles. The van der Waals surface area contributed by atoms with Crippen LogP contribution in [0.3, 0.4) is 0 Å². The van der Waals surface area contributed by atoms with Crippen LogP contribution in [0.25, 0.3) is 0 Å². The maximum Gasteiger partial charge on any atom is 0.182 e. The van der Waals surface area contributed by atoms with Gasteiger partial charge in [-0.3, -0.25) is 0 Å². The summed E-state index contributed by atoms with van der Waals surface area (Å²) in [5.74, 6) is 0. The van der Waals surface area contributed by atoms with E-state index in [4.69, 9.17) is 22.0 Å². The molecule has 1 aromatic carbocycles. The van der Waals surface area contributed by atoms with Crippen molar-refractivity contribution < 1.29 is 13.5 Å². The molecular weight excluding hydrogens is 262 g/mol. The maximum absolute atomic E-state index is 12.1. The van der Waals surface area contributed by atoms with Gasteiger partial charge in [-0.05, 0) is 30.7 Å². The van der Waals surface area contributed by atoms with Crippen LogP contribution < -0.4 is 0 Å². The number of sulfone groups is 1. The largest absolute Gasteiger partial charge is 0.395 e. The lowest BCUT2D eigenvalue weighted by atomic mass is 10.2. The Morgan fingerprint density at radius 1 is 1.47 bits per heavy atom. The van der Waals surface area contributed by atoms with Crippen LogP contribution in [0, 0.1) is 16.7 Å². The number of nitrogens with zero attached hydrogens (tertiary/aromatic N) is 1. The molecule has 90 valence electrons. The second-order valence-corrected chi connectivity index (χ2v) is 6.68. The van der Waals surface area contributed by atoms with Gasteiger partial charge < -0.3 is 5.11 Å². The molecule has 0 bridgehead atoms. The molecule has 1 aliphatic carbocycles. The first-order chi connectivity index (χ1) is 7.96.